The fourth-order valence-corrected chi connectivity index (χ4v) is 2.06. The minimum Gasteiger partial charge on any atom is -0.493 e. The Kier molecular flexibility index (Phi) is 2.86. The van der Waals surface area contributed by atoms with Crippen molar-refractivity contribution < 1.29 is 13.9 Å². The van der Waals surface area contributed by atoms with Gasteiger partial charge in [0.25, 0.3) is 0 Å². The smallest absolute Gasteiger partial charge is 0.162 e. The molecule has 0 saturated carbocycles. The summed E-state index contributed by atoms with van der Waals surface area (Å²) in [4.78, 5) is 11.2. The van der Waals surface area contributed by atoms with Crippen LogP contribution in [0.2, 0.25) is 0 Å². The third-order valence-electron chi connectivity index (χ3n) is 2.19. The van der Waals surface area contributed by atoms with Gasteiger partial charge < -0.3 is 4.74 Å². The number of carbonyl (C=O) groups is 1. The Bertz CT molecular complexity index is 429. The van der Waals surface area contributed by atoms with Crippen LogP contribution in [0.4, 0.5) is 4.39 Å². The van der Waals surface area contributed by atoms with Crippen LogP contribution in [0.5, 0.6) is 0 Å². The van der Waals surface area contributed by atoms with Crippen molar-refractivity contribution in [3.63, 3.8) is 0 Å². The summed E-state index contributed by atoms with van der Waals surface area (Å²) in [6.45, 7) is 0. The van der Waals surface area contributed by atoms with Crippen LogP contribution in [0.15, 0.2) is 35.0 Å². The zero-order chi connectivity index (χ0) is 10.8. The first-order valence-electron chi connectivity index (χ1n) is 4.46. The van der Waals surface area contributed by atoms with Gasteiger partial charge in [0.1, 0.15) is 11.9 Å². The third-order valence-corrected chi connectivity index (χ3v) is 2.88. The molecule has 0 spiro atoms. The molecule has 1 atom stereocenters. The maximum atomic E-state index is 12.8. The van der Waals surface area contributed by atoms with Crippen LogP contribution in [0.25, 0.3) is 0 Å². The lowest BCUT2D eigenvalue weighted by atomic mass is 10.0. The van der Waals surface area contributed by atoms with Crippen LogP contribution < -0.4 is 0 Å². The SMILES string of the molecule is O=C1C=COC(c2ccc(F)cc2Br)C1. The Labute approximate surface area is 94.9 Å². The molecule has 1 aliphatic heterocycles. The van der Waals surface area contributed by atoms with Crippen LogP contribution in [0.3, 0.4) is 0 Å². The van der Waals surface area contributed by atoms with Crippen molar-refractivity contribution in [2.75, 3.05) is 0 Å². The molecule has 0 amide bonds. The molecule has 0 N–H and O–H groups in total. The van der Waals surface area contributed by atoms with Crippen LogP contribution in [-0.4, -0.2) is 5.78 Å². The van der Waals surface area contributed by atoms with E-state index < -0.39 is 0 Å². The van der Waals surface area contributed by atoms with E-state index in [-0.39, 0.29) is 17.7 Å². The van der Waals surface area contributed by atoms with Crippen LogP contribution in [0.1, 0.15) is 18.1 Å². The van der Waals surface area contributed by atoms with Crippen LogP contribution >= 0.6 is 15.9 Å². The molecular weight excluding hydrogens is 263 g/mol. The largest absolute Gasteiger partial charge is 0.493 e. The summed E-state index contributed by atoms with van der Waals surface area (Å²) in [6, 6.07) is 4.34. The summed E-state index contributed by atoms with van der Waals surface area (Å²) in [5.41, 5.74) is 0.786. The van der Waals surface area contributed by atoms with Gasteiger partial charge in [0.15, 0.2) is 5.78 Å². The van der Waals surface area contributed by atoms with Gasteiger partial charge in [-0.15, -0.1) is 0 Å². The van der Waals surface area contributed by atoms with Crippen molar-refractivity contribution >= 4 is 21.7 Å². The Morgan fingerprint density at radius 2 is 2.27 bits per heavy atom. The molecule has 15 heavy (non-hydrogen) atoms. The first-order chi connectivity index (χ1) is 7.16. The third kappa shape index (κ3) is 2.26. The lowest BCUT2D eigenvalue weighted by molar-refractivity contribution is -0.118. The number of benzene rings is 1. The van der Waals surface area contributed by atoms with Crippen LogP contribution in [0, 0.1) is 5.82 Å². The number of ether oxygens (including phenoxy) is 1. The van der Waals surface area contributed by atoms with Gasteiger partial charge in [0, 0.05) is 16.1 Å². The Morgan fingerprint density at radius 1 is 1.47 bits per heavy atom. The molecular formula is C11H8BrFO2. The van der Waals surface area contributed by atoms with Gasteiger partial charge in [-0.3, -0.25) is 4.79 Å². The minimum atomic E-state index is -0.322. The predicted molar refractivity (Wildman–Crippen MR) is 56.7 cm³/mol. The molecule has 0 bridgehead atoms. The summed E-state index contributed by atoms with van der Waals surface area (Å²) in [5.74, 6) is -0.300. The van der Waals surface area contributed by atoms with E-state index in [2.05, 4.69) is 15.9 Å². The summed E-state index contributed by atoms with van der Waals surface area (Å²) in [6.07, 6.45) is 2.75. The van der Waals surface area contributed by atoms with E-state index >= 15 is 0 Å². The molecule has 0 saturated heterocycles. The molecule has 1 aromatic carbocycles. The van der Waals surface area contributed by atoms with Crippen molar-refractivity contribution in [1.29, 1.82) is 0 Å². The van der Waals surface area contributed by atoms with Gasteiger partial charge in [0.2, 0.25) is 0 Å². The monoisotopic (exact) mass is 270 g/mol. The molecule has 0 aromatic heterocycles. The summed E-state index contributed by atoms with van der Waals surface area (Å²) >= 11 is 3.25. The quantitative estimate of drug-likeness (QED) is 0.784. The lowest BCUT2D eigenvalue weighted by Gasteiger charge is -2.20. The second-order valence-corrected chi connectivity index (χ2v) is 4.12. The average molecular weight is 271 g/mol. The highest BCUT2D eigenvalue weighted by Gasteiger charge is 2.20. The Balaban J connectivity index is 2.30. The summed E-state index contributed by atoms with van der Waals surface area (Å²) in [5, 5.41) is 0. The lowest BCUT2D eigenvalue weighted by Crippen LogP contribution is -2.11. The van der Waals surface area contributed by atoms with Gasteiger partial charge >= 0.3 is 0 Å². The molecule has 0 radical (unpaired) electrons. The molecule has 2 rings (SSSR count). The van der Waals surface area contributed by atoms with Crippen molar-refractivity contribution in [1.82, 2.24) is 0 Å². The predicted octanol–water partition coefficient (Wildman–Crippen LogP) is 3.13. The van der Waals surface area contributed by atoms with E-state index in [1.807, 2.05) is 0 Å². The molecule has 1 aliphatic rings. The van der Waals surface area contributed by atoms with E-state index in [0.29, 0.717) is 10.9 Å². The molecule has 0 fully saturated rings. The second kappa shape index (κ2) is 4.14. The highest BCUT2D eigenvalue weighted by Crippen LogP contribution is 2.31. The maximum Gasteiger partial charge on any atom is 0.162 e. The maximum absolute atomic E-state index is 12.8. The fraction of sp³-hybridized carbons (Fsp3) is 0.182. The number of allylic oxidation sites excluding steroid dienone is 1. The molecule has 1 aromatic rings. The minimum absolute atomic E-state index is 0.0162. The standard InChI is InChI=1S/C11H8BrFO2/c12-10-5-7(13)1-2-9(10)11-6-8(14)3-4-15-11/h1-5,11H,6H2. The Morgan fingerprint density at radius 3 is 2.93 bits per heavy atom. The second-order valence-electron chi connectivity index (χ2n) is 3.26. The first kappa shape index (κ1) is 10.4. The Hall–Kier alpha value is -1.16. The fourth-order valence-electron chi connectivity index (χ4n) is 1.45. The van der Waals surface area contributed by atoms with Crippen LogP contribution in [-0.2, 0) is 9.53 Å². The highest BCUT2D eigenvalue weighted by atomic mass is 79.9. The van der Waals surface area contributed by atoms with Gasteiger partial charge in [-0.25, -0.2) is 4.39 Å². The molecule has 1 heterocycles. The number of ketones is 1. The molecule has 2 nitrogen and oxygen atoms in total. The average Bonchev–Trinajstić information content (AvgIpc) is 2.17. The molecule has 4 heteroatoms. The van der Waals surface area contributed by atoms with E-state index in [1.54, 1.807) is 6.07 Å². The molecule has 78 valence electrons. The highest BCUT2D eigenvalue weighted by molar-refractivity contribution is 9.10. The van der Waals surface area contributed by atoms with E-state index in [9.17, 15) is 9.18 Å². The van der Waals surface area contributed by atoms with Gasteiger partial charge in [-0.1, -0.05) is 22.0 Å². The number of carbonyl (C=O) groups excluding carboxylic acids is 1. The topological polar surface area (TPSA) is 26.3 Å². The number of hydrogen-bond donors (Lipinski definition) is 0. The molecule has 0 aliphatic carbocycles. The zero-order valence-corrected chi connectivity index (χ0v) is 9.33. The van der Waals surface area contributed by atoms with Crippen molar-refractivity contribution in [2.45, 2.75) is 12.5 Å². The molecule has 1 unspecified atom stereocenters. The first-order valence-corrected chi connectivity index (χ1v) is 5.26. The normalized spacial score (nSPS) is 20.1. The van der Waals surface area contributed by atoms with Gasteiger partial charge in [0.05, 0.1) is 12.7 Å². The number of rotatable bonds is 1. The van der Waals surface area contributed by atoms with Gasteiger partial charge in [-0.2, -0.15) is 0 Å². The van der Waals surface area contributed by atoms with Crippen molar-refractivity contribution in [3.8, 4) is 0 Å². The zero-order valence-electron chi connectivity index (χ0n) is 7.74. The van der Waals surface area contributed by atoms with Gasteiger partial charge in [-0.05, 0) is 12.1 Å². The van der Waals surface area contributed by atoms with E-state index in [1.165, 1.54) is 24.5 Å². The van der Waals surface area contributed by atoms with Crippen molar-refractivity contribution in [3.05, 3.63) is 46.4 Å². The van der Waals surface area contributed by atoms with Crippen molar-refractivity contribution in [2.24, 2.45) is 0 Å². The van der Waals surface area contributed by atoms with E-state index in [4.69, 9.17) is 4.74 Å². The van der Waals surface area contributed by atoms with E-state index in [0.717, 1.165) is 5.56 Å². The summed E-state index contributed by atoms with van der Waals surface area (Å²) in [7, 11) is 0. The number of hydrogen-bond acceptors (Lipinski definition) is 2. The number of halogens is 2. The summed E-state index contributed by atoms with van der Waals surface area (Å²) < 4.78 is 18.8.